The number of ether oxygens (including phenoxy) is 8. The molecule has 0 unspecified atom stereocenters. The average Bonchev–Trinajstić information content (AvgIpc) is 3.24. The second-order valence-corrected chi connectivity index (χ2v) is 14.4. The zero-order valence-corrected chi connectivity index (χ0v) is 34.5. The lowest BCUT2D eigenvalue weighted by Gasteiger charge is -2.18. The molecule has 0 fully saturated rings. The van der Waals surface area contributed by atoms with Crippen LogP contribution in [0.15, 0.2) is 97.3 Å². The number of fused-ring (bicyclic) bond motifs is 2. The second kappa shape index (κ2) is 19.7. The fourth-order valence-corrected chi connectivity index (χ4v) is 6.30. The predicted octanol–water partition coefficient (Wildman–Crippen LogP) is 9.35. The number of nitrogens with zero attached hydrogens (tertiary/aromatic N) is 2. The van der Waals surface area contributed by atoms with E-state index in [1.54, 1.807) is 45.7 Å². The van der Waals surface area contributed by atoms with Crippen LogP contribution in [0.25, 0.3) is 21.8 Å². The molecule has 0 aliphatic rings. The molecule has 0 radical (unpaired) electrons. The fraction of sp³-hybridized carbons (Fsp3) is 0.319. The Balaban J connectivity index is 1.03. The van der Waals surface area contributed by atoms with Gasteiger partial charge in [-0.1, -0.05) is 31.2 Å². The lowest BCUT2D eigenvalue weighted by molar-refractivity contribution is -0.163. The summed E-state index contributed by atoms with van der Waals surface area (Å²) in [6.45, 7) is 9.86. The molecule has 0 N–H and O–H groups in total. The molecule has 0 atom stereocenters. The summed E-state index contributed by atoms with van der Waals surface area (Å²) in [5, 5.41) is 1.65. The second-order valence-electron chi connectivity index (χ2n) is 14.4. The van der Waals surface area contributed by atoms with Crippen molar-refractivity contribution in [3.63, 3.8) is 0 Å². The summed E-state index contributed by atoms with van der Waals surface area (Å²) >= 11 is 0. The highest BCUT2D eigenvalue weighted by Crippen LogP contribution is 2.34. The lowest BCUT2D eigenvalue weighted by Crippen LogP contribution is -2.27. The zero-order valence-electron chi connectivity index (χ0n) is 34.5. The molecule has 0 amide bonds. The van der Waals surface area contributed by atoms with Crippen molar-refractivity contribution in [1.29, 1.82) is 0 Å². The molecule has 0 bridgehead atoms. The molecule has 0 saturated heterocycles. The number of benzene rings is 4. The molecule has 4 aromatic carbocycles. The van der Waals surface area contributed by atoms with Crippen LogP contribution < -0.4 is 28.4 Å². The fourth-order valence-electron chi connectivity index (χ4n) is 6.30. The van der Waals surface area contributed by atoms with Crippen LogP contribution in [0.2, 0.25) is 0 Å². The first kappa shape index (κ1) is 42.1. The molecule has 0 spiro atoms. The van der Waals surface area contributed by atoms with Gasteiger partial charge in [-0.15, -0.1) is 0 Å². The van der Waals surface area contributed by atoms with E-state index >= 15 is 0 Å². The maximum atomic E-state index is 13.1. The van der Waals surface area contributed by atoms with E-state index in [4.69, 9.17) is 37.9 Å². The lowest BCUT2D eigenvalue weighted by atomic mass is 10.1. The van der Waals surface area contributed by atoms with Crippen LogP contribution in [0.1, 0.15) is 63.3 Å². The van der Waals surface area contributed by atoms with Crippen LogP contribution in [0, 0.1) is 5.92 Å². The molecular formula is C47H50N2O10. The number of hydrogen-bond donors (Lipinski definition) is 0. The summed E-state index contributed by atoms with van der Waals surface area (Å²) in [6, 6.07) is 25.7. The first-order chi connectivity index (χ1) is 28.5. The van der Waals surface area contributed by atoms with Crippen LogP contribution in [-0.2, 0) is 45.5 Å². The Labute approximate surface area is 344 Å². The van der Waals surface area contributed by atoms with Gasteiger partial charge < -0.3 is 37.9 Å². The van der Waals surface area contributed by atoms with E-state index < -0.39 is 17.9 Å². The molecule has 6 rings (SSSR count). The topological polar surface area (TPSA) is 134 Å². The number of pyridine rings is 2. The predicted molar refractivity (Wildman–Crippen MR) is 223 cm³/mol. The van der Waals surface area contributed by atoms with E-state index in [0.717, 1.165) is 32.9 Å². The third-order valence-corrected chi connectivity index (χ3v) is 9.23. The van der Waals surface area contributed by atoms with Gasteiger partial charge in [-0.2, -0.15) is 0 Å². The van der Waals surface area contributed by atoms with Crippen molar-refractivity contribution in [1.82, 2.24) is 9.97 Å². The number of esters is 2. The van der Waals surface area contributed by atoms with E-state index in [1.165, 1.54) is 0 Å². The monoisotopic (exact) mass is 802 g/mol. The van der Waals surface area contributed by atoms with Gasteiger partial charge in [-0.05, 0) is 106 Å². The van der Waals surface area contributed by atoms with E-state index in [9.17, 15) is 9.59 Å². The first-order valence-corrected chi connectivity index (χ1v) is 19.6. The molecule has 59 heavy (non-hydrogen) atoms. The molecular weight excluding hydrogens is 753 g/mol. The number of carbonyl (C=O) groups is 2. The molecule has 308 valence electrons. The number of methoxy groups -OCH3 is 2. The molecule has 0 aliphatic heterocycles. The Morgan fingerprint density at radius 3 is 1.39 bits per heavy atom. The van der Waals surface area contributed by atoms with Gasteiger partial charge in [-0.25, -0.2) is 0 Å². The Morgan fingerprint density at radius 1 is 0.559 bits per heavy atom. The maximum Gasteiger partial charge on any atom is 0.320 e. The number of rotatable bonds is 19. The Bertz CT molecular complexity index is 2230. The minimum Gasteiger partial charge on any atom is -0.497 e. The minimum atomic E-state index is -1.09. The summed E-state index contributed by atoms with van der Waals surface area (Å²) in [7, 11) is 3.23. The largest absolute Gasteiger partial charge is 0.497 e. The van der Waals surface area contributed by atoms with Crippen molar-refractivity contribution in [3.05, 3.63) is 120 Å². The standard InChI is InChI=1S/C47H50N2O10/c1-8-39(46(50)56-25-31-11-9-13-37(19-31)54-27-33-23-48-42-17-15-35(52-6)21-40(42)44(33)58-29(2)3)47(51)57-26-32-12-10-14-38(20-32)55-28-34-24-49-43-18-16-36(53-7)22-41(43)45(34)59-30(4)5/h9-24,29-30,39H,8,25-28H2,1-7H3. The molecule has 12 nitrogen and oxygen atoms in total. The summed E-state index contributed by atoms with van der Waals surface area (Å²) < 4.78 is 46.7. The van der Waals surface area contributed by atoms with Gasteiger partial charge in [0.05, 0.1) is 48.6 Å². The van der Waals surface area contributed by atoms with Gasteiger partial charge in [0, 0.05) is 23.2 Å². The van der Waals surface area contributed by atoms with Gasteiger partial charge in [0.2, 0.25) is 0 Å². The smallest absolute Gasteiger partial charge is 0.320 e. The quantitative estimate of drug-likeness (QED) is 0.0571. The third kappa shape index (κ3) is 10.9. The first-order valence-electron chi connectivity index (χ1n) is 19.6. The van der Waals surface area contributed by atoms with Gasteiger partial charge in [-0.3, -0.25) is 19.6 Å². The van der Waals surface area contributed by atoms with E-state index in [0.29, 0.717) is 45.6 Å². The highest BCUT2D eigenvalue weighted by molar-refractivity contribution is 5.95. The van der Waals surface area contributed by atoms with Crippen LogP contribution in [-0.4, -0.2) is 48.3 Å². The van der Waals surface area contributed by atoms with E-state index in [-0.39, 0.29) is 45.1 Å². The van der Waals surface area contributed by atoms with Crippen molar-refractivity contribution in [2.45, 2.75) is 79.7 Å². The molecule has 0 aliphatic carbocycles. The average molecular weight is 803 g/mol. The molecule has 0 saturated carbocycles. The summed E-state index contributed by atoms with van der Waals surface area (Å²) in [4.78, 5) is 35.4. The highest BCUT2D eigenvalue weighted by Gasteiger charge is 2.28. The van der Waals surface area contributed by atoms with Crippen molar-refractivity contribution >= 4 is 33.7 Å². The van der Waals surface area contributed by atoms with E-state index in [2.05, 4.69) is 9.97 Å². The highest BCUT2D eigenvalue weighted by atomic mass is 16.6. The van der Waals surface area contributed by atoms with Crippen LogP contribution in [0.4, 0.5) is 0 Å². The SMILES string of the molecule is CCC(C(=O)OCc1cccc(OCc2cnc3ccc(OC)cc3c2OC(C)C)c1)C(=O)OCc1cccc(OCc2cnc3ccc(OC)cc3c2OC(C)C)c1. The molecule has 6 aromatic rings. The van der Waals surface area contributed by atoms with Crippen molar-refractivity contribution in [2.24, 2.45) is 5.92 Å². The Kier molecular flexibility index (Phi) is 14.1. The van der Waals surface area contributed by atoms with Gasteiger partial charge >= 0.3 is 11.9 Å². The summed E-state index contributed by atoms with van der Waals surface area (Å²) in [5.41, 5.74) is 4.48. The van der Waals surface area contributed by atoms with Gasteiger partial charge in [0.25, 0.3) is 0 Å². The van der Waals surface area contributed by atoms with Gasteiger partial charge in [0.1, 0.15) is 60.9 Å². The Hall–Kier alpha value is -6.56. The molecule has 12 heteroatoms. The van der Waals surface area contributed by atoms with Crippen LogP contribution in [0.5, 0.6) is 34.5 Å². The van der Waals surface area contributed by atoms with Crippen molar-refractivity contribution in [2.75, 3.05) is 14.2 Å². The molecule has 2 aromatic heterocycles. The number of carbonyl (C=O) groups excluding carboxylic acids is 2. The van der Waals surface area contributed by atoms with Crippen molar-refractivity contribution in [3.8, 4) is 34.5 Å². The number of aromatic nitrogens is 2. The minimum absolute atomic E-state index is 0.0531. The number of hydrogen-bond acceptors (Lipinski definition) is 12. The third-order valence-electron chi connectivity index (χ3n) is 9.23. The normalized spacial score (nSPS) is 11.2. The zero-order chi connectivity index (χ0) is 41.9. The summed E-state index contributed by atoms with van der Waals surface area (Å²) in [5.74, 6) is 1.45. The summed E-state index contributed by atoms with van der Waals surface area (Å²) in [6.07, 6.45) is 3.55. The molecule has 2 heterocycles. The van der Waals surface area contributed by atoms with Crippen molar-refractivity contribution < 1.29 is 47.5 Å². The van der Waals surface area contributed by atoms with Crippen LogP contribution in [0.3, 0.4) is 0 Å². The Morgan fingerprint density at radius 2 is 1.00 bits per heavy atom. The van der Waals surface area contributed by atoms with E-state index in [1.807, 2.05) is 100 Å². The maximum absolute atomic E-state index is 13.1. The van der Waals surface area contributed by atoms with Crippen LogP contribution >= 0.6 is 0 Å². The van der Waals surface area contributed by atoms with Gasteiger partial charge in [0.15, 0.2) is 5.92 Å².